The lowest BCUT2D eigenvalue weighted by Gasteiger charge is -2.32. The molecule has 2 aromatic rings. The van der Waals surface area contributed by atoms with Gasteiger partial charge in [0.15, 0.2) is 11.5 Å². The maximum Gasteiger partial charge on any atom is 0.416 e. The topological polar surface area (TPSA) is 24.9 Å². The molecule has 1 saturated heterocycles. The number of nitrogens with zero attached hydrogens (tertiary/aromatic N) is 2. The number of rotatable bonds is 7. The van der Waals surface area contributed by atoms with E-state index in [-0.39, 0.29) is 17.6 Å². The summed E-state index contributed by atoms with van der Waals surface area (Å²) in [6.07, 6.45) is -10.0. The Morgan fingerprint density at radius 2 is 1.38 bits per heavy atom. The van der Waals surface area contributed by atoms with Gasteiger partial charge in [0.2, 0.25) is 0 Å². The van der Waals surface area contributed by atoms with Crippen molar-refractivity contribution in [2.24, 2.45) is 0 Å². The van der Waals surface area contributed by atoms with E-state index < -0.39 is 42.3 Å². The lowest BCUT2D eigenvalue weighted by molar-refractivity contribution is -0.143. The standard InChI is InChI=1S/C22H22F8N2O2/c1-31-4-6-32(7-5-31)12-14-2-3-18(34-20(23)24)19(10-14)33-13-15-8-16(21(25,26)27)11-17(9-15)22(28,29)30/h2-3,8-11,20H,4-7,12-13H2,1H3. The number of alkyl halides is 8. The Bertz CT molecular complexity index is 938. The summed E-state index contributed by atoms with van der Waals surface area (Å²) < 4.78 is 114. The van der Waals surface area contributed by atoms with Crippen LogP contribution in [0.3, 0.4) is 0 Å². The second kappa shape index (κ2) is 10.3. The molecular weight excluding hydrogens is 476 g/mol. The summed E-state index contributed by atoms with van der Waals surface area (Å²) in [6, 6.07) is 5.24. The molecule has 1 aliphatic heterocycles. The molecule has 0 N–H and O–H groups in total. The van der Waals surface area contributed by atoms with Gasteiger partial charge in [0.05, 0.1) is 11.1 Å². The number of halogens is 8. The van der Waals surface area contributed by atoms with Gasteiger partial charge in [-0.25, -0.2) is 0 Å². The zero-order valence-electron chi connectivity index (χ0n) is 18.0. The van der Waals surface area contributed by atoms with E-state index >= 15 is 0 Å². The maximum absolute atomic E-state index is 13.1. The van der Waals surface area contributed by atoms with E-state index in [0.29, 0.717) is 24.2 Å². The van der Waals surface area contributed by atoms with Crippen molar-refractivity contribution in [2.75, 3.05) is 33.2 Å². The van der Waals surface area contributed by atoms with Crippen LogP contribution >= 0.6 is 0 Å². The zero-order chi connectivity index (χ0) is 25.1. The van der Waals surface area contributed by atoms with Crippen LogP contribution in [0.2, 0.25) is 0 Å². The average Bonchev–Trinajstić information content (AvgIpc) is 2.73. The first-order valence-electron chi connectivity index (χ1n) is 10.2. The molecule has 0 amide bonds. The molecule has 0 radical (unpaired) electrons. The SMILES string of the molecule is CN1CCN(Cc2ccc(OC(F)F)c(OCc3cc(C(F)(F)F)cc(C(F)(F)F)c3)c2)CC1. The second-order valence-electron chi connectivity index (χ2n) is 7.94. The molecule has 0 bridgehead atoms. The molecule has 0 aliphatic carbocycles. The normalized spacial score (nSPS) is 16.2. The second-order valence-corrected chi connectivity index (χ2v) is 7.94. The van der Waals surface area contributed by atoms with Crippen LogP contribution in [-0.2, 0) is 25.5 Å². The summed E-state index contributed by atoms with van der Waals surface area (Å²) in [4.78, 5) is 4.27. The fourth-order valence-corrected chi connectivity index (χ4v) is 3.48. The predicted octanol–water partition coefficient (Wildman–Crippen LogP) is 5.65. The van der Waals surface area contributed by atoms with Crippen molar-refractivity contribution in [1.29, 1.82) is 0 Å². The summed E-state index contributed by atoms with van der Waals surface area (Å²) in [5, 5.41) is 0. The fourth-order valence-electron chi connectivity index (χ4n) is 3.48. The highest BCUT2D eigenvalue weighted by molar-refractivity contribution is 5.43. The molecule has 0 saturated carbocycles. The molecule has 0 spiro atoms. The highest BCUT2D eigenvalue weighted by Crippen LogP contribution is 2.37. The van der Waals surface area contributed by atoms with E-state index in [0.717, 1.165) is 26.2 Å². The van der Waals surface area contributed by atoms with Crippen molar-refractivity contribution in [3.05, 3.63) is 58.7 Å². The molecule has 1 heterocycles. The van der Waals surface area contributed by atoms with Crippen molar-refractivity contribution in [1.82, 2.24) is 9.80 Å². The third-order valence-electron chi connectivity index (χ3n) is 5.27. The lowest BCUT2D eigenvalue weighted by atomic mass is 10.1. The van der Waals surface area contributed by atoms with Crippen LogP contribution in [0, 0.1) is 0 Å². The molecule has 0 atom stereocenters. The van der Waals surface area contributed by atoms with E-state index in [9.17, 15) is 35.1 Å². The molecule has 0 aromatic heterocycles. The number of benzene rings is 2. The number of hydrogen-bond donors (Lipinski definition) is 0. The third kappa shape index (κ3) is 7.20. The first-order valence-corrected chi connectivity index (χ1v) is 10.2. The van der Waals surface area contributed by atoms with Gasteiger partial charge in [-0.1, -0.05) is 6.07 Å². The molecule has 4 nitrogen and oxygen atoms in total. The molecule has 1 aliphatic rings. The van der Waals surface area contributed by atoms with Crippen LogP contribution in [0.25, 0.3) is 0 Å². The fraction of sp³-hybridized carbons (Fsp3) is 0.455. The van der Waals surface area contributed by atoms with E-state index in [1.54, 1.807) is 6.07 Å². The van der Waals surface area contributed by atoms with Crippen LogP contribution < -0.4 is 9.47 Å². The van der Waals surface area contributed by atoms with Crippen LogP contribution in [0.1, 0.15) is 22.3 Å². The average molecular weight is 498 g/mol. The zero-order valence-corrected chi connectivity index (χ0v) is 18.0. The first kappa shape index (κ1) is 26.0. The highest BCUT2D eigenvalue weighted by atomic mass is 19.4. The quantitative estimate of drug-likeness (QED) is 0.461. The smallest absolute Gasteiger partial charge is 0.416 e. The number of likely N-dealkylation sites (N-methyl/N-ethyl adjacent to an activating group) is 1. The van der Waals surface area contributed by atoms with Gasteiger partial charge in [0.25, 0.3) is 0 Å². The number of hydrogen-bond acceptors (Lipinski definition) is 4. The first-order chi connectivity index (χ1) is 15.8. The monoisotopic (exact) mass is 498 g/mol. The maximum atomic E-state index is 13.1. The van der Waals surface area contributed by atoms with Gasteiger partial charge >= 0.3 is 19.0 Å². The minimum atomic E-state index is -5.01. The van der Waals surface area contributed by atoms with Gasteiger partial charge in [0, 0.05) is 32.7 Å². The molecule has 34 heavy (non-hydrogen) atoms. The summed E-state index contributed by atoms with van der Waals surface area (Å²) >= 11 is 0. The Balaban J connectivity index is 1.84. The molecule has 3 rings (SSSR count). The van der Waals surface area contributed by atoms with Crippen molar-refractivity contribution >= 4 is 0 Å². The summed E-state index contributed by atoms with van der Waals surface area (Å²) in [5.74, 6) is -0.585. The molecular formula is C22H22F8N2O2. The van der Waals surface area contributed by atoms with Gasteiger partial charge in [-0.15, -0.1) is 0 Å². The van der Waals surface area contributed by atoms with Crippen molar-refractivity contribution in [3.63, 3.8) is 0 Å². The molecule has 12 heteroatoms. The Morgan fingerprint density at radius 3 is 1.91 bits per heavy atom. The summed E-state index contributed by atoms with van der Waals surface area (Å²) in [6.45, 7) is -0.235. The number of ether oxygens (including phenoxy) is 2. The number of piperazine rings is 1. The van der Waals surface area contributed by atoms with Gasteiger partial charge < -0.3 is 14.4 Å². The minimum absolute atomic E-state index is 0.00546. The highest BCUT2D eigenvalue weighted by Gasteiger charge is 2.37. The molecule has 0 unspecified atom stereocenters. The molecule has 2 aromatic carbocycles. The van der Waals surface area contributed by atoms with Gasteiger partial charge in [-0.05, 0) is 48.5 Å². The Labute approximate surface area is 190 Å². The van der Waals surface area contributed by atoms with Crippen LogP contribution in [0.5, 0.6) is 11.5 Å². The summed E-state index contributed by atoms with van der Waals surface area (Å²) in [7, 11) is 1.98. The van der Waals surface area contributed by atoms with Gasteiger partial charge in [-0.2, -0.15) is 35.1 Å². The van der Waals surface area contributed by atoms with Crippen LogP contribution in [0.4, 0.5) is 35.1 Å². The van der Waals surface area contributed by atoms with Crippen molar-refractivity contribution in [3.8, 4) is 11.5 Å². The molecule has 188 valence electrons. The summed E-state index contributed by atoms with van der Waals surface area (Å²) in [5.41, 5.74) is -2.74. The van der Waals surface area contributed by atoms with E-state index in [2.05, 4.69) is 14.5 Å². The van der Waals surface area contributed by atoms with E-state index in [4.69, 9.17) is 4.74 Å². The third-order valence-corrected chi connectivity index (χ3v) is 5.27. The van der Waals surface area contributed by atoms with Crippen LogP contribution in [0.15, 0.2) is 36.4 Å². The van der Waals surface area contributed by atoms with Gasteiger partial charge in [-0.3, -0.25) is 4.90 Å². The molecule has 1 fully saturated rings. The Kier molecular flexibility index (Phi) is 7.91. The predicted molar refractivity (Wildman–Crippen MR) is 107 cm³/mol. The van der Waals surface area contributed by atoms with E-state index in [1.165, 1.54) is 12.1 Å². The largest absolute Gasteiger partial charge is 0.485 e. The Morgan fingerprint density at radius 1 is 0.794 bits per heavy atom. The van der Waals surface area contributed by atoms with Gasteiger partial charge in [0.1, 0.15) is 6.61 Å². The van der Waals surface area contributed by atoms with Crippen LogP contribution in [-0.4, -0.2) is 49.6 Å². The van der Waals surface area contributed by atoms with E-state index in [1.807, 2.05) is 7.05 Å². The van der Waals surface area contributed by atoms with Crippen molar-refractivity contribution < 1.29 is 44.6 Å². The van der Waals surface area contributed by atoms with Crippen molar-refractivity contribution in [2.45, 2.75) is 32.1 Å². The lowest BCUT2D eigenvalue weighted by Crippen LogP contribution is -2.43. The minimum Gasteiger partial charge on any atom is -0.485 e. The Hall–Kier alpha value is -2.60.